The molecule has 4 nitrogen and oxygen atoms in total. The van der Waals surface area contributed by atoms with Crippen LogP contribution in [0.25, 0.3) is 0 Å². The van der Waals surface area contributed by atoms with Gasteiger partial charge in [-0.1, -0.05) is 23.8 Å². The van der Waals surface area contributed by atoms with Crippen molar-refractivity contribution in [1.82, 2.24) is 0 Å². The van der Waals surface area contributed by atoms with Crippen LogP contribution in [0.15, 0.2) is 18.2 Å². The van der Waals surface area contributed by atoms with Crippen molar-refractivity contribution in [3.8, 4) is 0 Å². The van der Waals surface area contributed by atoms with E-state index in [-0.39, 0.29) is 17.8 Å². The van der Waals surface area contributed by atoms with E-state index < -0.39 is 12.1 Å². The number of carboxylic acid groups (broad SMARTS) is 1. The van der Waals surface area contributed by atoms with Crippen LogP contribution in [0.4, 0.5) is 0 Å². The number of carboxylic acids is 1. The van der Waals surface area contributed by atoms with E-state index in [1.807, 2.05) is 6.92 Å². The summed E-state index contributed by atoms with van der Waals surface area (Å²) in [5, 5.41) is 18.2. The number of Topliss-reactive ketones (excluding diaryl/α,β-unsaturated/α-hetero) is 1. The third-order valence-corrected chi connectivity index (χ3v) is 2.27. The first-order valence-electron chi connectivity index (χ1n) is 4.91. The minimum Gasteiger partial charge on any atom is -0.479 e. The van der Waals surface area contributed by atoms with E-state index in [0.717, 1.165) is 5.56 Å². The number of aliphatic hydroxyl groups excluding tert-OH is 1. The van der Waals surface area contributed by atoms with Crippen molar-refractivity contribution < 1.29 is 19.8 Å². The highest BCUT2D eigenvalue weighted by atomic mass is 16.4. The lowest BCUT2D eigenvalue weighted by Crippen LogP contribution is -2.14. The molecule has 1 aromatic rings. The van der Waals surface area contributed by atoms with Crippen LogP contribution in [-0.4, -0.2) is 22.0 Å². The van der Waals surface area contributed by atoms with Crippen molar-refractivity contribution >= 4 is 11.8 Å². The number of hydrogen-bond acceptors (Lipinski definition) is 3. The summed E-state index contributed by atoms with van der Waals surface area (Å²) in [5.41, 5.74) is 1.79. The maximum atomic E-state index is 11.0. The van der Waals surface area contributed by atoms with E-state index in [1.165, 1.54) is 6.92 Å². The normalized spacial score (nSPS) is 12.2. The van der Waals surface area contributed by atoms with Crippen LogP contribution in [0.1, 0.15) is 29.7 Å². The second kappa shape index (κ2) is 4.90. The maximum absolute atomic E-state index is 11.0. The second-order valence-corrected chi connectivity index (χ2v) is 3.82. The lowest BCUT2D eigenvalue weighted by molar-refractivity contribution is -0.147. The van der Waals surface area contributed by atoms with Crippen LogP contribution in [0, 0.1) is 6.92 Å². The van der Waals surface area contributed by atoms with E-state index in [2.05, 4.69) is 0 Å². The van der Waals surface area contributed by atoms with Gasteiger partial charge < -0.3 is 10.2 Å². The first kappa shape index (κ1) is 12.4. The molecule has 4 heteroatoms. The molecule has 0 spiro atoms. The average molecular weight is 222 g/mol. The number of carbonyl (C=O) groups excluding carboxylic acids is 1. The molecule has 1 rings (SSSR count). The van der Waals surface area contributed by atoms with Crippen molar-refractivity contribution in [3.05, 3.63) is 34.9 Å². The lowest BCUT2D eigenvalue weighted by atomic mass is 9.96. The molecule has 1 atom stereocenters. The first-order valence-corrected chi connectivity index (χ1v) is 4.91. The number of aryl methyl sites for hydroxylation is 1. The molecule has 0 aliphatic carbocycles. The zero-order valence-electron chi connectivity index (χ0n) is 9.23. The summed E-state index contributed by atoms with van der Waals surface area (Å²) in [6.45, 7) is 3.28. The Hall–Kier alpha value is -1.68. The van der Waals surface area contributed by atoms with Crippen molar-refractivity contribution in [1.29, 1.82) is 0 Å². The van der Waals surface area contributed by atoms with Gasteiger partial charge in [0.15, 0.2) is 6.10 Å². The molecule has 0 saturated carbocycles. The third-order valence-electron chi connectivity index (χ3n) is 2.27. The minimum absolute atomic E-state index is 0.0653. The Morgan fingerprint density at radius 2 is 2.00 bits per heavy atom. The zero-order chi connectivity index (χ0) is 12.3. The molecule has 86 valence electrons. The standard InChI is InChI=1S/C12H14O4/c1-7-3-4-10(11(14)12(15)16)9(5-7)6-8(2)13/h3-5,11,14H,6H2,1-2H3,(H,15,16). The predicted molar refractivity (Wildman–Crippen MR) is 58.2 cm³/mol. The predicted octanol–water partition coefficient (Wildman–Crippen LogP) is 1.24. The van der Waals surface area contributed by atoms with Crippen LogP contribution >= 0.6 is 0 Å². The van der Waals surface area contributed by atoms with E-state index in [9.17, 15) is 14.7 Å². The largest absolute Gasteiger partial charge is 0.479 e. The van der Waals surface area contributed by atoms with E-state index in [1.54, 1.807) is 18.2 Å². The summed E-state index contributed by atoms with van der Waals surface area (Å²) in [7, 11) is 0. The molecule has 0 heterocycles. The average Bonchev–Trinajstić information content (AvgIpc) is 2.15. The number of rotatable bonds is 4. The molecule has 0 aliphatic heterocycles. The number of aliphatic hydroxyl groups is 1. The molecule has 0 aromatic heterocycles. The number of benzene rings is 1. The summed E-state index contributed by atoms with van der Waals surface area (Å²) in [6, 6.07) is 4.99. The second-order valence-electron chi connectivity index (χ2n) is 3.82. The van der Waals surface area contributed by atoms with Gasteiger partial charge in [0, 0.05) is 6.42 Å². The van der Waals surface area contributed by atoms with Gasteiger partial charge in [-0.05, 0) is 25.0 Å². The van der Waals surface area contributed by atoms with Crippen molar-refractivity contribution in [2.24, 2.45) is 0 Å². The quantitative estimate of drug-likeness (QED) is 0.803. The first-order chi connectivity index (χ1) is 7.41. The monoisotopic (exact) mass is 222 g/mol. The Morgan fingerprint density at radius 3 is 2.50 bits per heavy atom. The molecular formula is C12H14O4. The Morgan fingerprint density at radius 1 is 1.38 bits per heavy atom. The number of aliphatic carboxylic acids is 1. The maximum Gasteiger partial charge on any atom is 0.337 e. The number of carbonyl (C=O) groups is 2. The van der Waals surface area contributed by atoms with Gasteiger partial charge in [0.1, 0.15) is 5.78 Å². The summed E-state index contributed by atoms with van der Waals surface area (Å²) >= 11 is 0. The van der Waals surface area contributed by atoms with E-state index in [0.29, 0.717) is 5.56 Å². The van der Waals surface area contributed by atoms with Gasteiger partial charge in [-0.25, -0.2) is 4.79 Å². The van der Waals surface area contributed by atoms with Gasteiger partial charge >= 0.3 is 5.97 Å². The van der Waals surface area contributed by atoms with Crippen molar-refractivity contribution in [2.45, 2.75) is 26.4 Å². The van der Waals surface area contributed by atoms with Gasteiger partial charge in [0.05, 0.1) is 0 Å². The van der Waals surface area contributed by atoms with Crippen molar-refractivity contribution in [2.75, 3.05) is 0 Å². The Bertz CT molecular complexity index is 423. The highest BCUT2D eigenvalue weighted by Gasteiger charge is 2.19. The molecule has 1 unspecified atom stereocenters. The van der Waals surface area contributed by atoms with Gasteiger partial charge in [-0.15, -0.1) is 0 Å². The lowest BCUT2D eigenvalue weighted by Gasteiger charge is -2.12. The van der Waals surface area contributed by atoms with Crippen LogP contribution in [0.2, 0.25) is 0 Å². The Labute approximate surface area is 93.5 Å². The fraction of sp³-hybridized carbons (Fsp3) is 0.333. The molecule has 1 aromatic carbocycles. The molecule has 0 radical (unpaired) electrons. The topological polar surface area (TPSA) is 74.6 Å². The number of hydrogen-bond donors (Lipinski definition) is 2. The van der Waals surface area contributed by atoms with E-state index >= 15 is 0 Å². The summed E-state index contributed by atoms with van der Waals surface area (Å²) < 4.78 is 0. The molecule has 0 fully saturated rings. The zero-order valence-corrected chi connectivity index (χ0v) is 9.23. The number of ketones is 1. The van der Waals surface area contributed by atoms with Gasteiger partial charge in [-0.3, -0.25) is 4.79 Å². The molecule has 16 heavy (non-hydrogen) atoms. The smallest absolute Gasteiger partial charge is 0.337 e. The molecule has 0 aliphatic rings. The third kappa shape index (κ3) is 2.90. The fourth-order valence-electron chi connectivity index (χ4n) is 1.56. The summed E-state index contributed by atoms with van der Waals surface area (Å²) in [6.07, 6.45) is -1.43. The Balaban J connectivity index is 3.16. The summed E-state index contributed by atoms with van der Waals surface area (Å²) in [5.74, 6) is -1.38. The molecule has 2 N–H and O–H groups in total. The van der Waals surface area contributed by atoms with Gasteiger partial charge in [-0.2, -0.15) is 0 Å². The van der Waals surface area contributed by atoms with Gasteiger partial charge in [0.25, 0.3) is 0 Å². The molecule has 0 saturated heterocycles. The fourth-order valence-corrected chi connectivity index (χ4v) is 1.56. The van der Waals surface area contributed by atoms with Crippen LogP contribution in [0.5, 0.6) is 0 Å². The Kier molecular flexibility index (Phi) is 3.79. The molecular weight excluding hydrogens is 208 g/mol. The van der Waals surface area contributed by atoms with E-state index in [4.69, 9.17) is 5.11 Å². The highest BCUT2D eigenvalue weighted by Crippen LogP contribution is 2.20. The molecule has 0 bridgehead atoms. The SMILES string of the molecule is CC(=O)Cc1cc(C)ccc1C(O)C(=O)O. The highest BCUT2D eigenvalue weighted by molar-refractivity contribution is 5.80. The minimum atomic E-state index is -1.57. The van der Waals surface area contributed by atoms with Crippen molar-refractivity contribution in [3.63, 3.8) is 0 Å². The van der Waals surface area contributed by atoms with Crippen LogP contribution in [-0.2, 0) is 16.0 Å². The van der Waals surface area contributed by atoms with Crippen LogP contribution in [0.3, 0.4) is 0 Å². The molecule has 0 amide bonds. The summed E-state index contributed by atoms with van der Waals surface area (Å²) in [4.78, 5) is 21.7. The van der Waals surface area contributed by atoms with Gasteiger partial charge in [0.2, 0.25) is 0 Å². The van der Waals surface area contributed by atoms with Crippen LogP contribution < -0.4 is 0 Å².